The van der Waals surface area contributed by atoms with Gasteiger partial charge in [0.05, 0.1) is 0 Å². The molecule has 0 aliphatic rings. The fourth-order valence-corrected chi connectivity index (χ4v) is 8.01. The Labute approximate surface area is 171 Å². The van der Waals surface area contributed by atoms with Crippen LogP contribution in [0.5, 0.6) is 0 Å². The third-order valence-corrected chi connectivity index (χ3v) is 7.96. The zero-order valence-electron chi connectivity index (χ0n) is 15.2. The van der Waals surface area contributed by atoms with Crippen LogP contribution < -0.4 is 0 Å². The van der Waals surface area contributed by atoms with Crippen molar-refractivity contribution in [2.24, 2.45) is 0 Å². The molecule has 0 heterocycles. The Bertz CT molecular complexity index is 453. The molecule has 0 saturated heterocycles. The van der Waals surface area contributed by atoms with Crippen LogP contribution in [0.15, 0.2) is 0 Å². The molecule has 0 aromatic rings. The molecule has 2 nitrogen and oxygen atoms in total. The van der Waals surface area contributed by atoms with E-state index < -0.39 is 86.0 Å². The van der Waals surface area contributed by atoms with Gasteiger partial charge in [-0.1, -0.05) is 0 Å². The molecule has 0 spiro atoms. The molecule has 17 heteroatoms. The van der Waals surface area contributed by atoms with Crippen LogP contribution in [-0.2, 0) is 6.15 Å². The molecular formula is C12H16F12O2P2Sn. The van der Waals surface area contributed by atoms with Crippen LogP contribution in [0.25, 0.3) is 0 Å². The summed E-state index contributed by atoms with van der Waals surface area (Å²) >= 11 is -4.41. The first-order valence-electron chi connectivity index (χ1n) is 7.21. The van der Waals surface area contributed by atoms with E-state index in [-0.39, 0.29) is 0 Å². The van der Waals surface area contributed by atoms with E-state index in [4.69, 9.17) is 0 Å². The van der Waals surface area contributed by atoms with Gasteiger partial charge < -0.3 is 0 Å². The molecule has 0 aromatic heterocycles. The minimum absolute atomic E-state index is 1.02. The average molecular weight is 601 g/mol. The van der Waals surface area contributed by atoms with Crippen molar-refractivity contribution >= 4 is 37.8 Å². The third kappa shape index (κ3) is 6.86. The molecule has 0 N–H and O–H groups in total. The van der Waals surface area contributed by atoms with Gasteiger partial charge in [-0.05, 0) is 0 Å². The molecule has 0 aromatic carbocycles. The molecule has 0 bridgehead atoms. The van der Waals surface area contributed by atoms with Crippen molar-refractivity contribution in [2.45, 2.75) is 35.9 Å². The van der Waals surface area contributed by atoms with E-state index in [2.05, 4.69) is 6.15 Å². The minimum atomic E-state index is -6.12. The molecular weight excluding hydrogens is 585 g/mol. The van der Waals surface area contributed by atoms with Crippen molar-refractivity contribution in [1.82, 2.24) is 0 Å². The second-order valence-electron chi connectivity index (χ2n) is 6.41. The second-order valence-corrected chi connectivity index (χ2v) is 13.0. The summed E-state index contributed by atoms with van der Waals surface area (Å²) in [6, 6.07) is 0. The SMILES string of the molecule is CP(C)CC([O][Sn][O]C(CP(C)C)(C(F)(F)F)C(F)(F)F)(C(F)(F)F)C(F)(F)F. The first-order chi connectivity index (χ1) is 12.5. The summed E-state index contributed by atoms with van der Waals surface area (Å²) in [5.41, 5.74) is -9.79. The number of alkyl halides is 12. The van der Waals surface area contributed by atoms with Gasteiger partial charge in [-0.3, -0.25) is 0 Å². The van der Waals surface area contributed by atoms with E-state index in [9.17, 15) is 52.7 Å². The zero-order chi connectivity index (χ0) is 23.7. The summed E-state index contributed by atoms with van der Waals surface area (Å²) in [5, 5.41) is 0. The van der Waals surface area contributed by atoms with Crippen LogP contribution in [0.1, 0.15) is 0 Å². The van der Waals surface area contributed by atoms with E-state index in [1.807, 2.05) is 0 Å². The van der Waals surface area contributed by atoms with Crippen LogP contribution in [0.2, 0.25) is 0 Å². The molecule has 0 fully saturated rings. The van der Waals surface area contributed by atoms with Gasteiger partial charge in [0.2, 0.25) is 0 Å². The van der Waals surface area contributed by atoms with Crippen molar-refractivity contribution in [3.05, 3.63) is 0 Å². The summed E-state index contributed by atoms with van der Waals surface area (Å²) < 4.78 is 166. The standard InChI is InChI=1S/2C6H8F6OP.Sn/c2*1-14(2)3-4(13,5(7,8)9)6(10,11)12;/h2*3H2,1-2H3;/q2*-1;+2. The van der Waals surface area contributed by atoms with Gasteiger partial charge in [0.1, 0.15) is 0 Å². The van der Waals surface area contributed by atoms with Gasteiger partial charge >= 0.3 is 172 Å². The normalized spacial score (nSPS) is 15.5. The summed E-state index contributed by atoms with van der Waals surface area (Å²) in [4.78, 5) is 0. The van der Waals surface area contributed by atoms with E-state index in [0.29, 0.717) is 0 Å². The summed E-state index contributed by atoms with van der Waals surface area (Å²) in [6.45, 7) is 4.09. The number of halogens is 12. The van der Waals surface area contributed by atoms with Gasteiger partial charge in [-0.2, -0.15) is 0 Å². The molecule has 174 valence electrons. The molecule has 0 atom stereocenters. The molecule has 0 unspecified atom stereocenters. The third-order valence-electron chi connectivity index (χ3n) is 3.34. The molecule has 0 aliphatic heterocycles. The van der Waals surface area contributed by atoms with Crippen LogP contribution in [0.4, 0.5) is 52.7 Å². The molecule has 0 saturated carbocycles. The summed E-state index contributed by atoms with van der Waals surface area (Å²) in [7, 11) is -3.91. The van der Waals surface area contributed by atoms with Crippen molar-refractivity contribution in [1.29, 1.82) is 0 Å². The molecule has 0 rings (SSSR count). The fraction of sp³-hybridized carbons (Fsp3) is 1.00. The van der Waals surface area contributed by atoms with Gasteiger partial charge in [-0.15, -0.1) is 0 Å². The summed E-state index contributed by atoms with van der Waals surface area (Å²) in [5.74, 6) is 0. The fourth-order valence-electron chi connectivity index (χ4n) is 2.03. The van der Waals surface area contributed by atoms with E-state index in [1.165, 1.54) is 0 Å². The quantitative estimate of drug-likeness (QED) is 0.200. The first kappa shape index (κ1) is 29.7. The first-order valence-corrected chi connectivity index (χ1v) is 14.4. The monoisotopic (exact) mass is 602 g/mol. The van der Waals surface area contributed by atoms with Gasteiger partial charge in [0, 0.05) is 0 Å². The van der Waals surface area contributed by atoms with Crippen LogP contribution in [0, 0.1) is 0 Å². The predicted molar refractivity (Wildman–Crippen MR) is 84.9 cm³/mol. The maximum atomic E-state index is 13.2. The molecule has 2 radical (unpaired) electrons. The summed E-state index contributed by atoms with van der Waals surface area (Å²) in [6.07, 6.45) is -27.9. The average Bonchev–Trinajstić information content (AvgIpc) is 2.38. The Morgan fingerprint density at radius 3 is 0.862 bits per heavy atom. The number of rotatable bonds is 8. The van der Waals surface area contributed by atoms with E-state index in [1.54, 1.807) is 0 Å². The Hall–Kier alpha value is 0.739. The van der Waals surface area contributed by atoms with Gasteiger partial charge in [0.15, 0.2) is 0 Å². The molecule has 0 amide bonds. The van der Waals surface area contributed by atoms with E-state index in [0.717, 1.165) is 26.7 Å². The Morgan fingerprint density at radius 2 is 0.724 bits per heavy atom. The number of hydrogen-bond donors (Lipinski definition) is 0. The van der Waals surface area contributed by atoms with Crippen molar-refractivity contribution in [3.8, 4) is 0 Å². The predicted octanol–water partition coefficient (Wildman–Crippen LogP) is 5.76. The van der Waals surface area contributed by atoms with Crippen LogP contribution >= 0.6 is 15.8 Å². The van der Waals surface area contributed by atoms with Crippen LogP contribution in [-0.4, -0.2) is 96.9 Å². The topological polar surface area (TPSA) is 18.5 Å². The van der Waals surface area contributed by atoms with Crippen molar-refractivity contribution < 1.29 is 58.8 Å². The second kappa shape index (κ2) is 9.70. The number of hydrogen-bond acceptors (Lipinski definition) is 2. The Balaban J connectivity index is 6.12. The Morgan fingerprint density at radius 1 is 0.517 bits per heavy atom. The van der Waals surface area contributed by atoms with Crippen molar-refractivity contribution in [3.63, 3.8) is 0 Å². The van der Waals surface area contributed by atoms with Crippen LogP contribution in [0.3, 0.4) is 0 Å². The molecule has 29 heavy (non-hydrogen) atoms. The maximum absolute atomic E-state index is 13.2. The van der Waals surface area contributed by atoms with Crippen molar-refractivity contribution in [2.75, 3.05) is 39.0 Å². The van der Waals surface area contributed by atoms with Gasteiger partial charge in [-0.25, -0.2) is 0 Å². The van der Waals surface area contributed by atoms with E-state index >= 15 is 0 Å². The zero-order valence-corrected chi connectivity index (χ0v) is 19.8. The molecule has 0 aliphatic carbocycles. The Kier molecular flexibility index (Phi) is 9.95. The van der Waals surface area contributed by atoms with Gasteiger partial charge in [0.25, 0.3) is 0 Å².